The van der Waals surface area contributed by atoms with Crippen molar-refractivity contribution in [3.05, 3.63) is 29.7 Å². The van der Waals surface area contributed by atoms with E-state index in [1.807, 2.05) is 19.2 Å². The lowest BCUT2D eigenvalue weighted by Gasteiger charge is -2.19. The summed E-state index contributed by atoms with van der Waals surface area (Å²) in [5.74, 6) is -0.126. The van der Waals surface area contributed by atoms with Gasteiger partial charge < -0.3 is 5.11 Å². The Kier molecular flexibility index (Phi) is 2.18. The highest BCUT2D eigenvalue weighted by Crippen LogP contribution is 2.26. The molecule has 2 aromatic rings. The van der Waals surface area contributed by atoms with Crippen LogP contribution in [0.2, 0.25) is 0 Å². The standard InChI is InChI=1S/C11H13N3O2/c1-7-12-13-9-8(5-4-6-14(7)9)11(2,3)10(15)16/h4-6H,1-3H3,(H,15,16). The van der Waals surface area contributed by atoms with Gasteiger partial charge in [-0.25, -0.2) is 0 Å². The zero-order valence-electron chi connectivity index (χ0n) is 9.43. The molecule has 5 nitrogen and oxygen atoms in total. The lowest BCUT2D eigenvalue weighted by atomic mass is 9.85. The van der Waals surface area contributed by atoms with E-state index in [1.165, 1.54) is 0 Å². The van der Waals surface area contributed by atoms with Crippen molar-refractivity contribution in [3.63, 3.8) is 0 Å². The molecule has 0 spiro atoms. The number of carboxylic acids is 1. The highest BCUT2D eigenvalue weighted by atomic mass is 16.4. The van der Waals surface area contributed by atoms with Gasteiger partial charge >= 0.3 is 5.97 Å². The van der Waals surface area contributed by atoms with Crippen LogP contribution in [0.5, 0.6) is 0 Å². The Hall–Kier alpha value is -1.91. The first-order valence-electron chi connectivity index (χ1n) is 4.99. The summed E-state index contributed by atoms with van der Waals surface area (Å²) in [4.78, 5) is 11.2. The minimum Gasteiger partial charge on any atom is -0.481 e. The smallest absolute Gasteiger partial charge is 0.313 e. The Morgan fingerprint density at radius 2 is 2.12 bits per heavy atom. The molecule has 0 aliphatic rings. The highest BCUT2D eigenvalue weighted by Gasteiger charge is 2.32. The van der Waals surface area contributed by atoms with Gasteiger partial charge in [0.05, 0.1) is 5.41 Å². The molecule has 2 heterocycles. The number of aryl methyl sites for hydroxylation is 1. The molecule has 1 N–H and O–H groups in total. The summed E-state index contributed by atoms with van der Waals surface area (Å²) >= 11 is 0. The number of aliphatic carboxylic acids is 1. The average Bonchev–Trinajstić information content (AvgIpc) is 2.60. The number of carboxylic acid groups (broad SMARTS) is 1. The Balaban J connectivity index is 2.75. The van der Waals surface area contributed by atoms with Crippen LogP contribution in [0.25, 0.3) is 5.65 Å². The van der Waals surface area contributed by atoms with Gasteiger partial charge in [-0.1, -0.05) is 6.07 Å². The lowest BCUT2D eigenvalue weighted by molar-refractivity contribution is -0.142. The topological polar surface area (TPSA) is 67.5 Å². The van der Waals surface area contributed by atoms with Crippen LogP contribution in [0, 0.1) is 6.92 Å². The predicted molar refractivity (Wildman–Crippen MR) is 58.4 cm³/mol. The third kappa shape index (κ3) is 1.36. The molecule has 0 bridgehead atoms. The van der Waals surface area contributed by atoms with Gasteiger partial charge in [-0.2, -0.15) is 0 Å². The maximum atomic E-state index is 11.2. The molecule has 0 aliphatic heterocycles. The second kappa shape index (κ2) is 3.30. The Bertz CT molecular complexity index is 557. The maximum Gasteiger partial charge on any atom is 0.313 e. The first-order valence-corrected chi connectivity index (χ1v) is 4.99. The second-order valence-corrected chi connectivity index (χ2v) is 4.29. The van der Waals surface area contributed by atoms with Crippen molar-refractivity contribution in [1.82, 2.24) is 14.6 Å². The summed E-state index contributed by atoms with van der Waals surface area (Å²) in [5, 5.41) is 17.2. The van der Waals surface area contributed by atoms with E-state index in [-0.39, 0.29) is 0 Å². The van der Waals surface area contributed by atoms with Crippen molar-refractivity contribution in [2.24, 2.45) is 0 Å². The maximum absolute atomic E-state index is 11.2. The van der Waals surface area contributed by atoms with Crippen molar-refractivity contribution < 1.29 is 9.90 Å². The Morgan fingerprint density at radius 1 is 1.44 bits per heavy atom. The molecule has 0 aliphatic carbocycles. The molecule has 0 atom stereocenters. The molecule has 0 fully saturated rings. The van der Waals surface area contributed by atoms with Crippen molar-refractivity contribution in [2.75, 3.05) is 0 Å². The molecule has 0 amide bonds. The summed E-state index contributed by atoms with van der Waals surface area (Å²) in [7, 11) is 0. The number of rotatable bonds is 2. The monoisotopic (exact) mass is 219 g/mol. The van der Waals surface area contributed by atoms with Gasteiger partial charge in [0.1, 0.15) is 5.82 Å². The molecule has 0 saturated carbocycles. The van der Waals surface area contributed by atoms with E-state index >= 15 is 0 Å². The third-order valence-electron chi connectivity index (χ3n) is 2.81. The fourth-order valence-electron chi connectivity index (χ4n) is 1.63. The molecule has 84 valence electrons. The van der Waals surface area contributed by atoms with E-state index in [2.05, 4.69) is 10.2 Å². The molecule has 2 aromatic heterocycles. The number of hydrogen-bond acceptors (Lipinski definition) is 3. The third-order valence-corrected chi connectivity index (χ3v) is 2.81. The number of hydrogen-bond donors (Lipinski definition) is 1. The summed E-state index contributed by atoms with van der Waals surface area (Å²) < 4.78 is 1.79. The normalized spacial score (nSPS) is 11.9. The molecule has 2 rings (SSSR count). The minimum absolute atomic E-state index is 0.604. The summed E-state index contributed by atoms with van der Waals surface area (Å²) in [5.41, 5.74) is 0.303. The Labute approximate surface area is 92.7 Å². The van der Waals surface area contributed by atoms with Gasteiger partial charge in [-0.15, -0.1) is 10.2 Å². The van der Waals surface area contributed by atoms with Gasteiger partial charge in [0.15, 0.2) is 5.65 Å². The molecular formula is C11H13N3O2. The fourth-order valence-corrected chi connectivity index (χ4v) is 1.63. The van der Waals surface area contributed by atoms with Crippen LogP contribution in [0.15, 0.2) is 18.3 Å². The van der Waals surface area contributed by atoms with E-state index in [1.54, 1.807) is 24.3 Å². The van der Waals surface area contributed by atoms with Crippen LogP contribution in [0.4, 0.5) is 0 Å². The zero-order chi connectivity index (χ0) is 11.9. The number of fused-ring (bicyclic) bond motifs is 1. The molecule has 16 heavy (non-hydrogen) atoms. The van der Waals surface area contributed by atoms with Crippen molar-refractivity contribution in [1.29, 1.82) is 0 Å². The fraction of sp³-hybridized carbons (Fsp3) is 0.364. The van der Waals surface area contributed by atoms with E-state index in [0.717, 1.165) is 5.82 Å². The molecule has 0 radical (unpaired) electrons. The first kappa shape index (κ1) is 10.6. The molecule has 0 aromatic carbocycles. The van der Waals surface area contributed by atoms with Crippen LogP contribution in [-0.4, -0.2) is 25.7 Å². The van der Waals surface area contributed by atoms with Crippen LogP contribution < -0.4 is 0 Å². The summed E-state index contributed by atoms with van der Waals surface area (Å²) in [6, 6.07) is 3.58. The second-order valence-electron chi connectivity index (χ2n) is 4.29. The van der Waals surface area contributed by atoms with Crippen molar-refractivity contribution in [2.45, 2.75) is 26.2 Å². The molecular weight excluding hydrogens is 206 g/mol. The predicted octanol–water partition coefficient (Wildman–Crippen LogP) is 1.40. The van der Waals surface area contributed by atoms with Crippen LogP contribution in [0.1, 0.15) is 25.2 Å². The minimum atomic E-state index is -0.970. The quantitative estimate of drug-likeness (QED) is 0.829. The number of aromatic nitrogens is 3. The van der Waals surface area contributed by atoms with Crippen LogP contribution in [0.3, 0.4) is 0 Å². The van der Waals surface area contributed by atoms with E-state index < -0.39 is 11.4 Å². The van der Waals surface area contributed by atoms with Gasteiger partial charge in [0.2, 0.25) is 0 Å². The van der Waals surface area contributed by atoms with Crippen LogP contribution >= 0.6 is 0 Å². The number of pyridine rings is 1. The van der Waals surface area contributed by atoms with E-state index in [4.69, 9.17) is 0 Å². The van der Waals surface area contributed by atoms with Crippen LogP contribution in [-0.2, 0) is 10.2 Å². The van der Waals surface area contributed by atoms with E-state index in [9.17, 15) is 9.90 Å². The van der Waals surface area contributed by atoms with Gasteiger partial charge in [0.25, 0.3) is 0 Å². The number of nitrogens with zero attached hydrogens (tertiary/aromatic N) is 3. The average molecular weight is 219 g/mol. The SMILES string of the molecule is Cc1nnc2c(C(C)(C)C(=O)O)cccn12. The Morgan fingerprint density at radius 3 is 2.75 bits per heavy atom. The largest absolute Gasteiger partial charge is 0.481 e. The lowest BCUT2D eigenvalue weighted by Crippen LogP contribution is -2.29. The van der Waals surface area contributed by atoms with Gasteiger partial charge in [-0.3, -0.25) is 9.20 Å². The number of carbonyl (C=O) groups is 1. The van der Waals surface area contributed by atoms with E-state index in [0.29, 0.717) is 11.2 Å². The van der Waals surface area contributed by atoms with Crippen molar-refractivity contribution in [3.8, 4) is 0 Å². The summed E-state index contributed by atoms with van der Waals surface area (Å²) in [6.07, 6.45) is 1.83. The summed E-state index contributed by atoms with van der Waals surface area (Å²) in [6.45, 7) is 5.15. The molecule has 5 heteroatoms. The zero-order valence-corrected chi connectivity index (χ0v) is 9.43. The van der Waals surface area contributed by atoms with Gasteiger partial charge in [0, 0.05) is 11.8 Å². The first-order chi connectivity index (χ1) is 7.44. The molecule has 0 unspecified atom stereocenters. The van der Waals surface area contributed by atoms with Crippen molar-refractivity contribution >= 4 is 11.6 Å². The van der Waals surface area contributed by atoms with Gasteiger partial charge in [-0.05, 0) is 26.8 Å². The molecule has 0 saturated heterocycles. The highest BCUT2D eigenvalue weighted by molar-refractivity contribution is 5.82.